The first-order chi connectivity index (χ1) is 8.24. The fraction of sp³-hybridized carbons (Fsp3) is 0.250. The van der Waals surface area contributed by atoms with Gasteiger partial charge in [-0.15, -0.1) is 0 Å². The van der Waals surface area contributed by atoms with Crippen LogP contribution in [0.4, 0.5) is 0 Å². The van der Waals surface area contributed by atoms with E-state index >= 15 is 0 Å². The number of benzene rings is 1. The van der Waals surface area contributed by atoms with Crippen LogP contribution in [0.15, 0.2) is 33.5 Å². The number of methoxy groups -OCH3 is 1. The molecule has 0 atom stereocenters. The number of fused-ring (bicyclic) bond motifs is 1. The summed E-state index contributed by atoms with van der Waals surface area (Å²) in [7, 11) is 1.52. The van der Waals surface area contributed by atoms with Gasteiger partial charge in [0.15, 0.2) is 0 Å². The van der Waals surface area contributed by atoms with E-state index in [-0.39, 0.29) is 0 Å². The molecule has 0 N–H and O–H groups in total. The monoisotopic (exact) mass is 298 g/mol. The Kier molecular flexibility index (Phi) is 3.68. The third-order valence-electron chi connectivity index (χ3n) is 2.24. The number of ether oxygens (including phenoxy) is 2. The Bertz CT molecular complexity index is 576. The molecule has 0 spiro atoms. The van der Waals surface area contributed by atoms with Gasteiger partial charge in [0.05, 0.1) is 25.2 Å². The minimum atomic E-state index is -0.438. The van der Waals surface area contributed by atoms with Crippen LogP contribution in [0.3, 0.4) is 0 Å². The molecule has 2 aromatic rings. The van der Waals surface area contributed by atoms with E-state index < -0.39 is 5.63 Å². The number of hydrogen-bond donors (Lipinski definition) is 0. The lowest BCUT2D eigenvalue weighted by molar-refractivity contribution is 0.344. The topological polar surface area (TPSA) is 48.7 Å². The first-order valence-corrected chi connectivity index (χ1v) is 6.17. The van der Waals surface area contributed by atoms with Crippen molar-refractivity contribution in [2.24, 2.45) is 0 Å². The fourth-order valence-electron chi connectivity index (χ4n) is 1.53. The molecule has 17 heavy (non-hydrogen) atoms. The summed E-state index contributed by atoms with van der Waals surface area (Å²) in [5.41, 5.74) is 0.0217. The Labute approximate surface area is 106 Å². The van der Waals surface area contributed by atoms with Crippen LogP contribution < -0.4 is 15.1 Å². The highest BCUT2D eigenvalue weighted by Gasteiger charge is 2.06. The molecule has 0 unspecified atom stereocenters. The first-order valence-electron chi connectivity index (χ1n) is 5.05. The number of rotatable bonds is 4. The van der Waals surface area contributed by atoms with Crippen LogP contribution in [-0.4, -0.2) is 19.0 Å². The number of halogens is 1. The lowest BCUT2D eigenvalue weighted by Crippen LogP contribution is -2.00. The molecule has 0 fully saturated rings. The maximum absolute atomic E-state index is 11.3. The molecule has 0 aliphatic carbocycles. The molecule has 0 saturated carbocycles. The van der Waals surface area contributed by atoms with Crippen LogP contribution in [0.5, 0.6) is 11.5 Å². The van der Waals surface area contributed by atoms with Crippen LogP contribution in [0.2, 0.25) is 0 Å². The van der Waals surface area contributed by atoms with Gasteiger partial charge in [-0.1, -0.05) is 15.9 Å². The predicted molar refractivity (Wildman–Crippen MR) is 68.3 cm³/mol. The summed E-state index contributed by atoms with van der Waals surface area (Å²) in [4.78, 5) is 11.3. The smallest absolute Gasteiger partial charge is 0.339 e. The molecule has 0 bridgehead atoms. The number of hydrogen-bond acceptors (Lipinski definition) is 4. The summed E-state index contributed by atoms with van der Waals surface area (Å²) in [5, 5.41) is 1.49. The molecule has 4 nitrogen and oxygen atoms in total. The SMILES string of the molecule is COc1cc(=O)oc2cc(OCCBr)ccc12. The van der Waals surface area contributed by atoms with Gasteiger partial charge >= 0.3 is 5.63 Å². The fourth-order valence-corrected chi connectivity index (χ4v) is 1.69. The van der Waals surface area contributed by atoms with Crippen molar-refractivity contribution in [3.63, 3.8) is 0 Å². The van der Waals surface area contributed by atoms with Crippen molar-refractivity contribution >= 4 is 26.9 Å². The van der Waals surface area contributed by atoms with E-state index in [9.17, 15) is 4.79 Å². The van der Waals surface area contributed by atoms with Gasteiger partial charge in [0.2, 0.25) is 0 Å². The van der Waals surface area contributed by atoms with Crippen LogP contribution in [-0.2, 0) is 0 Å². The summed E-state index contributed by atoms with van der Waals surface area (Å²) in [6, 6.07) is 6.62. The highest BCUT2D eigenvalue weighted by Crippen LogP contribution is 2.26. The molecular formula is C12H11BrO4. The van der Waals surface area contributed by atoms with Crippen LogP contribution in [0.1, 0.15) is 0 Å². The molecule has 1 heterocycles. The predicted octanol–water partition coefficient (Wildman–Crippen LogP) is 2.58. The van der Waals surface area contributed by atoms with E-state index in [1.165, 1.54) is 13.2 Å². The third kappa shape index (κ3) is 2.61. The van der Waals surface area contributed by atoms with Gasteiger partial charge in [-0.2, -0.15) is 0 Å². The molecule has 90 valence electrons. The molecule has 0 amide bonds. The van der Waals surface area contributed by atoms with Crippen LogP contribution in [0.25, 0.3) is 11.0 Å². The van der Waals surface area contributed by atoms with Gasteiger partial charge < -0.3 is 13.9 Å². The van der Waals surface area contributed by atoms with Gasteiger partial charge in [0.25, 0.3) is 0 Å². The average Bonchev–Trinajstić information content (AvgIpc) is 2.34. The third-order valence-corrected chi connectivity index (χ3v) is 2.57. The van der Waals surface area contributed by atoms with Crippen molar-refractivity contribution in [2.45, 2.75) is 0 Å². The lowest BCUT2D eigenvalue weighted by atomic mass is 10.2. The van der Waals surface area contributed by atoms with E-state index in [1.54, 1.807) is 12.1 Å². The molecule has 1 aromatic heterocycles. The van der Waals surface area contributed by atoms with Crippen LogP contribution in [0, 0.1) is 0 Å². The quantitative estimate of drug-likeness (QED) is 0.643. The van der Waals surface area contributed by atoms with Gasteiger partial charge in [-0.3, -0.25) is 0 Å². The maximum atomic E-state index is 11.3. The molecule has 2 rings (SSSR count). The zero-order valence-corrected chi connectivity index (χ0v) is 10.8. The van der Waals surface area contributed by atoms with Crippen molar-refractivity contribution in [3.8, 4) is 11.5 Å². The molecular weight excluding hydrogens is 288 g/mol. The van der Waals surface area contributed by atoms with Gasteiger partial charge in [-0.05, 0) is 12.1 Å². The Morgan fingerprint density at radius 2 is 2.18 bits per heavy atom. The second-order valence-corrected chi connectivity index (χ2v) is 4.12. The Balaban J connectivity index is 2.50. The highest BCUT2D eigenvalue weighted by atomic mass is 79.9. The van der Waals surface area contributed by atoms with E-state index in [2.05, 4.69) is 15.9 Å². The Hall–Kier alpha value is -1.49. The molecule has 0 aliphatic heterocycles. The summed E-state index contributed by atoms with van der Waals surface area (Å²) >= 11 is 3.27. The zero-order valence-electron chi connectivity index (χ0n) is 9.23. The van der Waals surface area contributed by atoms with Gasteiger partial charge in [0.1, 0.15) is 17.1 Å². The zero-order chi connectivity index (χ0) is 12.3. The first kappa shape index (κ1) is 12.0. The summed E-state index contributed by atoms with van der Waals surface area (Å²) in [5.74, 6) is 1.16. The maximum Gasteiger partial charge on any atom is 0.339 e. The second kappa shape index (κ2) is 5.23. The van der Waals surface area contributed by atoms with E-state index in [1.807, 2.05) is 6.07 Å². The van der Waals surface area contributed by atoms with Crippen LogP contribution >= 0.6 is 15.9 Å². The number of alkyl halides is 1. The second-order valence-electron chi connectivity index (χ2n) is 3.33. The van der Waals surface area contributed by atoms with Crippen molar-refractivity contribution < 1.29 is 13.9 Å². The Morgan fingerprint density at radius 3 is 2.88 bits per heavy atom. The van der Waals surface area contributed by atoms with E-state index in [0.29, 0.717) is 23.7 Å². The molecule has 0 radical (unpaired) electrons. The van der Waals surface area contributed by atoms with E-state index in [4.69, 9.17) is 13.9 Å². The van der Waals surface area contributed by atoms with E-state index in [0.717, 1.165) is 10.7 Å². The summed E-state index contributed by atoms with van der Waals surface area (Å²) in [6.07, 6.45) is 0. The standard InChI is InChI=1S/C12H11BrO4/c1-15-10-7-12(14)17-11-6-8(16-5-4-13)2-3-9(10)11/h2-3,6-7H,4-5H2,1H3. The normalized spacial score (nSPS) is 10.5. The summed E-state index contributed by atoms with van der Waals surface area (Å²) < 4.78 is 15.6. The minimum Gasteiger partial charge on any atom is -0.496 e. The van der Waals surface area contributed by atoms with Crippen molar-refractivity contribution in [2.75, 3.05) is 19.0 Å². The molecule has 1 aromatic carbocycles. The molecule has 0 aliphatic rings. The molecule has 5 heteroatoms. The lowest BCUT2D eigenvalue weighted by Gasteiger charge is -2.06. The average molecular weight is 299 g/mol. The molecule has 0 saturated heterocycles. The largest absolute Gasteiger partial charge is 0.496 e. The highest BCUT2D eigenvalue weighted by molar-refractivity contribution is 9.09. The van der Waals surface area contributed by atoms with Crippen molar-refractivity contribution in [3.05, 3.63) is 34.7 Å². The van der Waals surface area contributed by atoms with Crippen molar-refractivity contribution in [1.82, 2.24) is 0 Å². The van der Waals surface area contributed by atoms with Gasteiger partial charge in [-0.25, -0.2) is 4.79 Å². The van der Waals surface area contributed by atoms with Crippen molar-refractivity contribution in [1.29, 1.82) is 0 Å². The summed E-state index contributed by atoms with van der Waals surface area (Å²) in [6.45, 7) is 0.555. The minimum absolute atomic E-state index is 0.438. The van der Waals surface area contributed by atoms with Gasteiger partial charge in [0, 0.05) is 11.4 Å². The Morgan fingerprint density at radius 1 is 1.35 bits per heavy atom.